The number of sulfone groups is 1. The molecule has 4 saturated carbocycles. The van der Waals surface area contributed by atoms with Crippen molar-refractivity contribution >= 4 is 9.84 Å². The Balaban J connectivity index is 1.30. The van der Waals surface area contributed by atoms with Gasteiger partial charge in [-0.25, -0.2) is 8.42 Å². The molecule has 4 fully saturated rings. The number of allylic oxidation sites excluding steroid dienone is 1. The van der Waals surface area contributed by atoms with Crippen molar-refractivity contribution in [1.29, 1.82) is 0 Å². The molecule has 0 spiro atoms. The van der Waals surface area contributed by atoms with Gasteiger partial charge in [0.15, 0.2) is 9.84 Å². The molecule has 0 heterocycles. The summed E-state index contributed by atoms with van der Waals surface area (Å²) in [5.41, 5.74) is 0.387. The lowest BCUT2D eigenvalue weighted by molar-refractivity contribution is -0.0713. The van der Waals surface area contributed by atoms with Crippen LogP contribution in [-0.2, 0) is 9.84 Å². The Morgan fingerprint density at radius 3 is 2.30 bits per heavy atom. The molecule has 2 N–H and O–H groups in total. The second kappa shape index (κ2) is 9.95. The smallest absolute Gasteiger partial charge is 0.181 e. The number of hydrogen-bond acceptors (Lipinski definition) is 4. The first-order valence-electron chi connectivity index (χ1n) is 16.2. The third-order valence-corrected chi connectivity index (χ3v) is 15.6. The van der Waals surface area contributed by atoms with E-state index < -0.39 is 26.3 Å². The minimum atomic E-state index is -3.58. The van der Waals surface area contributed by atoms with E-state index in [9.17, 15) is 18.6 Å². The predicted molar refractivity (Wildman–Crippen MR) is 160 cm³/mol. The minimum Gasteiger partial charge on any atom is -0.390 e. The molecule has 1 aromatic rings. The molecule has 1 aromatic carbocycles. The topological polar surface area (TPSA) is 74.6 Å². The van der Waals surface area contributed by atoms with E-state index in [1.54, 1.807) is 12.1 Å². The van der Waals surface area contributed by atoms with Crippen LogP contribution in [0.3, 0.4) is 0 Å². The second-order valence-electron chi connectivity index (χ2n) is 15.6. The molecule has 40 heavy (non-hydrogen) atoms. The molecule has 5 aliphatic carbocycles. The van der Waals surface area contributed by atoms with Crippen molar-refractivity contribution in [3.8, 4) is 0 Å². The Morgan fingerprint density at radius 1 is 0.900 bits per heavy atom. The summed E-state index contributed by atoms with van der Waals surface area (Å²) in [7, 11) is -3.58. The van der Waals surface area contributed by atoms with Gasteiger partial charge in [-0.1, -0.05) is 63.5 Å². The van der Waals surface area contributed by atoms with Gasteiger partial charge in [0.25, 0.3) is 0 Å². The third kappa shape index (κ3) is 4.65. The Morgan fingerprint density at radius 2 is 1.60 bits per heavy atom. The van der Waals surface area contributed by atoms with Crippen LogP contribution in [0.25, 0.3) is 0 Å². The van der Waals surface area contributed by atoms with Crippen molar-refractivity contribution in [3.05, 3.63) is 42.0 Å². The Bertz CT molecular complexity index is 1230. The highest BCUT2D eigenvalue weighted by atomic mass is 32.2. The summed E-state index contributed by atoms with van der Waals surface area (Å²) in [5, 5.41) is 21.8. The largest absolute Gasteiger partial charge is 0.390 e. The van der Waals surface area contributed by atoms with E-state index in [0.29, 0.717) is 35.0 Å². The Hall–Kier alpha value is -1.17. The standard InChI is InChI=1S/C35H52O4S/c1-24(31(23-35(37)17-8-9-18-35)40(38,39)26-10-6-5-7-11-26)28-14-15-29-27-13-12-25-22-32(2,36)20-21-33(25,3)30(27)16-19-34(28,29)4/h5-7,10-12,24,27-31,36-37H,8-9,13-23H2,1-4H3/t24-,27-,28+,29-,30-,31?,32-,33-,34+/m0/s1. The van der Waals surface area contributed by atoms with Crippen molar-refractivity contribution in [2.24, 2.45) is 40.4 Å². The minimum absolute atomic E-state index is 0.00330. The summed E-state index contributed by atoms with van der Waals surface area (Å²) in [6.45, 7) is 9.18. The lowest BCUT2D eigenvalue weighted by Gasteiger charge is -2.59. The van der Waals surface area contributed by atoms with Gasteiger partial charge in [-0.05, 0) is 130 Å². The van der Waals surface area contributed by atoms with E-state index in [1.165, 1.54) is 18.4 Å². The van der Waals surface area contributed by atoms with E-state index in [1.807, 2.05) is 25.1 Å². The van der Waals surface area contributed by atoms with Gasteiger partial charge < -0.3 is 10.2 Å². The van der Waals surface area contributed by atoms with Crippen LogP contribution < -0.4 is 0 Å². The fourth-order valence-electron chi connectivity index (χ4n) is 10.9. The van der Waals surface area contributed by atoms with Crippen LogP contribution in [0.1, 0.15) is 111 Å². The third-order valence-electron chi connectivity index (χ3n) is 13.3. The van der Waals surface area contributed by atoms with Gasteiger partial charge in [0.05, 0.1) is 21.3 Å². The zero-order valence-corrected chi connectivity index (χ0v) is 26.1. The van der Waals surface area contributed by atoms with Gasteiger partial charge in [0.2, 0.25) is 0 Å². The first-order valence-corrected chi connectivity index (χ1v) is 17.8. The average Bonchev–Trinajstić information content (AvgIpc) is 3.51. The molecule has 5 heteroatoms. The maximum Gasteiger partial charge on any atom is 0.181 e. The van der Waals surface area contributed by atoms with E-state index in [2.05, 4.69) is 26.8 Å². The highest BCUT2D eigenvalue weighted by molar-refractivity contribution is 7.92. The number of fused-ring (bicyclic) bond motifs is 5. The number of benzene rings is 1. The van der Waals surface area contributed by atoms with Gasteiger partial charge in [0.1, 0.15) is 0 Å². The van der Waals surface area contributed by atoms with Crippen LogP contribution in [0.5, 0.6) is 0 Å². The molecule has 5 aliphatic rings. The number of aliphatic hydroxyl groups is 2. The molecule has 0 bridgehead atoms. The average molecular weight is 569 g/mol. The maximum absolute atomic E-state index is 14.3. The quantitative estimate of drug-likeness (QED) is 0.349. The SMILES string of the molecule is C[C@H](C(CC1(O)CCCC1)S(=O)(=O)c1ccccc1)[C@H]1CC[C@H]2[C@@H]3CC=C4C[C@@](C)(O)CC[C@]4(C)[C@H]3CC[C@]12C. The summed E-state index contributed by atoms with van der Waals surface area (Å²) in [4.78, 5) is 0.405. The van der Waals surface area contributed by atoms with Crippen LogP contribution in [0.2, 0.25) is 0 Å². The molecule has 0 radical (unpaired) electrons. The first kappa shape index (κ1) is 28.9. The molecule has 4 nitrogen and oxygen atoms in total. The molecular weight excluding hydrogens is 516 g/mol. The van der Waals surface area contributed by atoms with Crippen LogP contribution in [0.4, 0.5) is 0 Å². The Labute approximate surface area is 243 Å². The van der Waals surface area contributed by atoms with Crippen molar-refractivity contribution in [1.82, 2.24) is 0 Å². The summed E-state index contributed by atoms with van der Waals surface area (Å²) >= 11 is 0. The monoisotopic (exact) mass is 568 g/mol. The van der Waals surface area contributed by atoms with Crippen molar-refractivity contribution in [2.45, 2.75) is 133 Å². The molecule has 0 amide bonds. The van der Waals surface area contributed by atoms with Gasteiger partial charge in [-0.15, -0.1) is 0 Å². The summed E-state index contributed by atoms with van der Waals surface area (Å²) in [5.74, 6) is 2.27. The molecule has 0 saturated heterocycles. The van der Waals surface area contributed by atoms with Crippen molar-refractivity contribution < 1.29 is 18.6 Å². The second-order valence-corrected chi connectivity index (χ2v) is 17.7. The van der Waals surface area contributed by atoms with Crippen LogP contribution >= 0.6 is 0 Å². The lowest BCUT2D eigenvalue weighted by atomic mass is 9.46. The van der Waals surface area contributed by atoms with Gasteiger partial charge in [-0.3, -0.25) is 0 Å². The molecule has 9 atom stereocenters. The van der Waals surface area contributed by atoms with Gasteiger partial charge in [-0.2, -0.15) is 0 Å². The zero-order chi connectivity index (χ0) is 28.6. The summed E-state index contributed by atoms with van der Waals surface area (Å²) in [6.07, 6.45) is 14.8. The molecule has 1 unspecified atom stereocenters. The molecule has 0 aliphatic heterocycles. The normalized spacial score (nSPS) is 42.3. The Kier molecular flexibility index (Phi) is 7.19. The van der Waals surface area contributed by atoms with Gasteiger partial charge in [0, 0.05) is 0 Å². The molecule has 222 valence electrons. The fourth-order valence-corrected chi connectivity index (χ4v) is 13.1. The zero-order valence-electron chi connectivity index (χ0n) is 25.2. The number of rotatable bonds is 6. The predicted octanol–water partition coefficient (Wildman–Crippen LogP) is 7.49. The van der Waals surface area contributed by atoms with Crippen molar-refractivity contribution in [2.75, 3.05) is 0 Å². The lowest BCUT2D eigenvalue weighted by Crippen LogP contribution is -2.52. The van der Waals surface area contributed by atoms with Crippen LogP contribution in [0.15, 0.2) is 46.9 Å². The van der Waals surface area contributed by atoms with Crippen LogP contribution in [0, 0.1) is 40.4 Å². The summed E-state index contributed by atoms with van der Waals surface area (Å²) in [6, 6.07) is 9.01. The molecular formula is C35H52O4S. The van der Waals surface area contributed by atoms with E-state index in [-0.39, 0.29) is 16.7 Å². The first-order chi connectivity index (χ1) is 18.8. The highest BCUT2D eigenvalue weighted by Crippen LogP contribution is 2.68. The van der Waals surface area contributed by atoms with E-state index in [4.69, 9.17) is 0 Å². The maximum atomic E-state index is 14.3. The van der Waals surface area contributed by atoms with Crippen LogP contribution in [-0.4, -0.2) is 35.1 Å². The summed E-state index contributed by atoms with van der Waals surface area (Å²) < 4.78 is 28.5. The molecule has 0 aromatic heterocycles. The number of hydrogen-bond donors (Lipinski definition) is 2. The van der Waals surface area contributed by atoms with E-state index >= 15 is 0 Å². The van der Waals surface area contributed by atoms with E-state index in [0.717, 1.165) is 64.2 Å². The van der Waals surface area contributed by atoms with Crippen molar-refractivity contribution in [3.63, 3.8) is 0 Å². The fraction of sp³-hybridized carbons (Fsp3) is 0.771. The molecule has 6 rings (SSSR count). The van der Waals surface area contributed by atoms with Gasteiger partial charge >= 0.3 is 0 Å². The highest BCUT2D eigenvalue weighted by Gasteiger charge is 2.61.